The fourth-order valence-electron chi connectivity index (χ4n) is 6.53. The number of aromatic nitrogens is 3. The Balaban J connectivity index is 1.11. The van der Waals surface area contributed by atoms with E-state index in [9.17, 15) is 19.5 Å². The molecule has 3 aromatic heterocycles. The summed E-state index contributed by atoms with van der Waals surface area (Å²) in [4.78, 5) is 45.7. The predicted molar refractivity (Wildman–Crippen MR) is 198 cm³/mol. The summed E-state index contributed by atoms with van der Waals surface area (Å²) >= 11 is 14.2. The third kappa shape index (κ3) is 7.00. The lowest BCUT2D eigenvalue weighted by Gasteiger charge is -2.37. The fraction of sp³-hybridized carbons (Fsp3) is 0.289. The topological polar surface area (TPSA) is 156 Å². The van der Waals surface area contributed by atoms with Gasteiger partial charge in [0.2, 0.25) is 11.8 Å². The first-order valence-corrected chi connectivity index (χ1v) is 17.6. The Morgan fingerprint density at radius 1 is 1.00 bits per heavy atom. The molecule has 1 amide bonds. The van der Waals surface area contributed by atoms with Crippen LogP contribution in [0.2, 0.25) is 10.0 Å². The Bertz CT molecular complexity index is 2240. The number of hydrogen-bond acceptors (Lipinski definition) is 9. The molecule has 2 aliphatic rings. The summed E-state index contributed by atoms with van der Waals surface area (Å²) in [6, 6.07) is 19.0. The largest absolute Gasteiger partial charge is 0.481 e. The first kappa shape index (κ1) is 35.5. The zero-order valence-corrected chi connectivity index (χ0v) is 29.8. The second kappa shape index (κ2) is 15.0. The minimum absolute atomic E-state index is 0.0849. The van der Waals surface area contributed by atoms with Crippen molar-refractivity contribution in [2.24, 2.45) is 5.41 Å². The van der Waals surface area contributed by atoms with Crippen LogP contribution in [0.25, 0.3) is 39.2 Å². The van der Waals surface area contributed by atoms with Crippen LogP contribution in [-0.4, -0.2) is 70.8 Å². The summed E-state index contributed by atoms with van der Waals surface area (Å²) in [5.41, 5.74) is 4.80. The smallest absolute Gasteiger partial charge is 0.315 e. The number of aliphatic carboxylic acids is 1. The quantitative estimate of drug-likeness (QED) is 0.130. The van der Waals surface area contributed by atoms with Gasteiger partial charge in [-0.2, -0.15) is 0 Å². The number of ether oxygens (including phenoxy) is 2. The number of carboxylic acid groups (broad SMARTS) is 1. The molecule has 2 fully saturated rings. The highest BCUT2D eigenvalue weighted by Gasteiger charge is 2.45. The van der Waals surface area contributed by atoms with E-state index in [0.717, 1.165) is 34.2 Å². The Labute approximate surface area is 309 Å². The average Bonchev–Trinajstić information content (AvgIpc) is 3.55. The SMILES string of the molecule is COc1nc(-c2cccc(-c3cccc(-c4ccn5c(=O)c(CNCC6(C(=O)O)COC6)cnc5c4)c3Cl)c2Cl)ccc1CNC[C@@H]1CCC(=O)N1. The molecule has 52 heavy (non-hydrogen) atoms. The molecule has 5 aromatic rings. The molecule has 4 N–H and O–H groups in total. The predicted octanol–water partition coefficient (Wildman–Crippen LogP) is 4.96. The lowest BCUT2D eigenvalue weighted by Crippen LogP contribution is -2.55. The second-order valence-corrected chi connectivity index (χ2v) is 13.8. The lowest BCUT2D eigenvalue weighted by molar-refractivity contribution is -0.178. The number of rotatable bonds is 13. The highest BCUT2D eigenvalue weighted by atomic mass is 35.5. The molecule has 1 atom stereocenters. The van der Waals surface area contributed by atoms with Gasteiger partial charge in [-0.05, 0) is 30.2 Å². The third-order valence-electron chi connectivity index (χ3n) is 9.57. The van der Waals surface area contributed by atoms with E-state index in [2.05, 4.69) is 20.9 Å². The van der Waals surface area contributed by atoms with E-state index in [-0.39, 0.29) is 43.8 Å². The van der Waals surface area contributed by atoms with Gasteiger partial charge in [0, 0.05) is 84.4 Å². The maximum atomic E-state index is 13.3. The summed E-state index contributed by atoms with van der Waals surface area (Å²) < 4.78 is 12.2. The number of fused-ring (bicyclic) bond motifs is 1. The highest BCUT2D eigenvalue weighted by Crippen LogP contribution is 2.42. The van der Waals surface area contributed by atoms with Crippen LogP contribution >= 0.6 is 23.2 Å². The summed E-state index contributed by atoms with van der Waals surface area (Å²) in [6.07, 6.45) is 4.54. The van der Waals surface area contributed by atoms with Crippen LogP contribution < -0.4 is 26.2 Å². The van der Waals surface area contributed by atoms with Crippen LogP contribution in [0.5, 0.6) is 5.88 Å². The highest BCUT2D eigenvalue weighted by molar-refractivity contribution is 6.39. The average molecular weight is 744 g/mol. The minimum atomic E-state index is -0.972. The van der Waals surface area contributed by atoms with Gasteiger partial charge in [0.1, 0.15) is 11.1 Å². The standard InChI is InChI=1S/C38H36Cl2N6O6/c1-51-35-23(15-41-18-25-9-11-32(47)44-25)8-10-30(45-35)29-7-3-6-28(34(29)40)27-5-2-4-26(33(27)39)22-12-13-46-31(14-22)43-17-24(36(46)48)16-42-19-38(37(49)50)20-52-21-38/h2-8,10,12-14,17,25,41-42H,9,11,15-16,18-21H2,1H3,(H,44,47)(H,49,50)/t25-/m0/s1. The van der Waals surface area contributed by atoms with Gasteiger partial charge in [-0.25, -0.2) is 9.97 Å². The minimum Gasteiger partial charge on any atom is -0.481 e. The second-order valence-electron chi connectivity index (χ2n) is 13.0. The molecule has 0 radical (unpaired) electrons. The molecule has 5 heterocycles. The maximum Gasteiger partial charge on any atom is 0.315 e. The Morgan fingerprint density at radius 2 is 1.71 bits per heavy atom. The van der Waals surface area contributed by atoms with Crippen molar-refractivity contribution in [3.05, 3.63) is 105 Å². The van der Waals surface area contributed by atoms with Crippen molar-refractivity contribution < 1.29 is 24.2 Å². The van der Waals surface area contributed by atoms with Gasteiger partial charge in [0.15, 0.2) is 0 Å². The zero-order chi connectivity index (χ0) is 36.4. The van der Waals surface area contributed by atoms with Gasteiger partial charge in [-0.15, -0.1) is 0 Å². The van der Waals surface area contributed by atoms with Gasteiger partial charge in [-0.3, -0.25) is 18.8 Å². The summed E-state index contributed by atoms with van der Waals surface area (Å²) in [7, 11) is 1.58. The monoisotopic (exact) mass is 742 g/mol. The molecule has 2 aliphatic heterocycles. The molecular weight excluding hydrogens is 707 g/mol. The van der Waals surface area contributed by atoms with Gasteiger partial charge in [0.05, 0.1) is 36.1 Å². The molecule has 7 rings (SSSR count). The van der Waals surface area contributed by atoms with Crippen molar-refractivity contribution in [1.29, 1.82) is 0 Å². The van der Waals surface area contributed by atoms with Crippen molar-refractivity contribution in [2.75, 3.05) is 33.4 Å². The number of nitrogens with one attached hydrogen (secondary N) is 3. The van der Waals surface area contributed by atoms with Crippen molar-refractivity contribution in [2.45, 2.75) is 32.0 Å². The van der Waals surface area contributed by atoms with E-state index >= 15 is 0 Å². The van der Waals surface area contributed by atoms with Crippen LogP contribution in [0, 0.1) is 5.41 Å². The molecule has 0 aliphatic carbocycles. The van der Waals surface area contributed by atoms with Crippen LogP contribution in [0.15, 0.2) is 77.9 Å². The molecule has 2 saturated heterocycles. The molecule has 0 unspecified atom stereocenters. The first-order chi connectivity index (χ1) is 25.2. The lowest BCUT2D eigenvalue weighted by atomic mass is 9.86. The Hall–Kier alpha value is -4.85. The van der Waals surface area contributed by atoms with E-state index in [1.807, 2.05) is 48.5 Å². The molecular formula is C38H36Cl2N6O6. The number of carbonyl (C=O) groups is 2. The third-order valence-corrected chi connectivity index (χ3v) is 10.4. The van der Waals surface area contributed by atoms with E-state index in [0.29, 0.717) is 57.9 Å². The normalized spacial score (nSPS) is 16.4. The number of methoxy groups -OCH3 is 1. The Kier molecular flexibility index (Phi) is 10.3. The van der Waals surface area contributed by atoms with E-state index < -0.39 is 11.4 Å². The fourth-order valence-corrected chi connectivity index (χ4v) is 7.19. The van der Waals surface area contributed by atoms with Gasteiger partial charge in [0.25, 0.3) is 5.56 Å². The van der Waals surface area contributed by atoms with Crippen molar-refractivity contribution in [3.8, 4) is 39.4 Å². The van der Waals surface area contributed by atoms with Crippen LogP contribution in [0.3, 0.4) is 0 Å². The van der Waals surface area contributed by atoms with Gasteiger partial charge >= 0.3 is 5.97 Å². The van der Waals surface area contributed by atoms with Gasteiger partial charge < -0.3 is 30.5 Å². The number of carboxylic acids is 1. The molecule has 14 heteroatoms. The summed E-state index contributed by atoms with van der Waals surface area (Å²) in [6.45, 7) is 1.82. The molecule has 12 nitrogen and oxygen atoms in total. The van der Waals surface area contributed by atoms with Crippen LogP contribution in [0.1, 0.15) is 24.0 Å². The Morgan fingerprint density at radius 3 is 2.38 bits per heavy atom. The number of nitrogens with zero attached hydrogens (tertiary/aromatic N) is 3. The number of amides is 1. The van der Waals surface area contributed by atoms with Gasteiger partial charge in [-0.1, -0.05) is 65.7 Å². The molecule has 0 saturated carbocycles. The van der Waals surface area contributed by atoms with Crippen molar-refractivity contribution >= 4 is 40.7 Å². The van der Waals surface area contributed by atoms with E-state index in [1.54, 1.807) is 25.4 Å². The van der Waals surface area contributed by atoms with Crippen LogP contribution in [0.4, 0.5) is 0 Å². The maximum absolute atomic E-state index is 13.3. The summed E-state index contributed by atoms with van der Waals surface area (Å²) in [5, 5.41) is 19.9. The van der Waals surface area contributed by atoms with E-state index in [1.165, 1.54) is 10.6 Å². The van der Waals surface area contributed by atoms with Crippen molar-refractivity contribution in [3.63, 3.8) is 0 Å². The molecule has 2 aromatic carbocycles. The summed E-state index contributed by atoms with van der Waals surface area (Å²) in [5.74, 6) is -0.364. The van der Waals surface area contributed by atoms with Crippen molar-refractivity contribution in [1.82, 2.24) is 30.3 Å². The number of benzene rings is 2. The molecule has 268 valence electrons. The van der Waals surface area contributed by atoms with E-state index in [4.69, 9.17) is 37.7 Å². The zero-order valence-electron chi connectivity index (χ0n) is 28.2. The molecule has 0 spiro atoms. The number of pyridine rings is 2. The first-order valence-electron chi connectivity index (χ1n) is 16.8. The number of halogens is 2. The van der Waals surface area contributed by atoms with Crippen LogP contribution in [-0.2, 0) is 27.4 Å². The number of carbonyl (C=O) groups excluding carboxylic acids is 1. The molecule has 0 bridgehead atoms. The number of hydrogen-bond donors (Lipinski definition) is 4.